The third-order valence-corrected chi connectivity index (χ3v) is 7.67. The standard InChI is InChI=1S/C23H17ClF3N3O3/c24-11-6-8-12(9-7-11)30-19(31)16-15-5-2-10-29(15)22(17(16)20(30)32)13-3-1-4-14(23(25,26)27)18(13)28-21(22)33/h1,3-4,6-9,15-17H,2,5,10H2,(H,28,33)/t15-,16-,17-,22-/m1/s1. The van der Waals surface area contributed by atoms with Crippen LogP contribution in [0.1, 0.15) is 24.0 Å². The highest BCUT2D eigenvalue weighted by atomic mass is 35.5. The summed E-state index contributed by atoms with van der Waals surface area (Å²) < 4.78 is 41.2. The Morgan fingerprint density at radius 3 is 2.45 bits per heavy atom. The fourth-order valence-corrected chi connectivity index (χ4v) is 6.44. The quantitative estimate of drug-likeness (QED) is 0.637. The number of nitrogens with zero attached hydrogens (tertiary/aromatic N) is 2. The average Bonchev–Trinajstić information content (AvgIpc) is 3.46. The molecule has 0 saturated carbocycles. The van der Waals surface area contributed by atoms with Crippen molar-refractivity contribution in [2.45, 2.75) is 30.6 Å². The van der Waals surface area contributed by atoms with E-state index in [2.05, 4.69) is 5.32 Å². The number of rotatable bonds is 1. The molecule has 4 aliphatic heterocycles. The van der Waals surface area contributed by atoms with E-state index < -0.39 is 52.9 Å². The van der Waals surface area contributed by atoms with Crippen molar-refractivity contribution in [3.8, 4) is 0 Å². The van der Waals surface area contributed by atoms with E-state index in [-0.39, 0.29) is 11.3 Å². The van der Waals surface area contributed by atoms with Gasteiger partial charge in [0.05, 0.1) is 28.8 Å². The van der Waals surface area contributed by atoms with E-state index in [1.165, 1.54) is 12.1 Å². The summed E-state index contributed by atoms with van der Waals surface area (Å²) in [5, 5.41) is 2.86. The minimum Gasteiger partial charge on any atom is -0.323 e. The van der Waals surface area contributed by atoms with Gasteiger partial charge in [0, 0.05) is 16.6 Å². The van der Waals surface area contributed by atoms with E-state index in [1.807, 2.05) is 0 Å². The zero-order chi connectivity index (χ0) is 23.3. The van der Waals surface area contributed by atoms with Crippen molar-refractivity contribution in [3.05, 3.63) is 58.6 Å². The van der Waals surface area contributed by atoms with Gasteiger partial charge in [0.2, 0.25) is 17.7 Å². The molecule has 6 rings (SSSR count). The van der Waals surface area contributed by atoms with Crippen LogP contribution >= 0.6 is 11.6 Å². The Balaban J connectivity index is 1.56. The molecule has 3 saturated heterocycles. The van der Waals surface area contributed by atoms with Crippen LogP contribution in [0.3, 0.4) is 0 Å². The summed E-state index contributed by atoms with van der Waals surface area (Å²) in [7, 11) is 0. The lowest BCUT2D eigenvalue weighted by atomic mass is 9.75. The van der Waals surface area contributed by atoms with E-state index in [0.717, 1.165) is 11.0 Å². The van der Waals surface area contributed by atoms with Crippen LogP contribution in [0, 0.1) is 11.8 Å². The number of amides is 3. The van der Waals surface area contributed by atoms with Gasteiger partial charge in [-0.3, -0.25) is 19.3 Å². The second kappa shape index (κ2) is 6.57. The van der Waals surface area contributed by atoms with Crippen LogP contribution in [0.25, 0.3) is 0 Å². The lowest BCUT2D eigenvalue weighted by Crippen LogP contribution is -2.54. The third-order valence-electron chi connectivity index (χ3n) is 7.42. The Morgan fingerprint density at radius 2 is 1.76 bits per heavy atom. The molecule has 1 spiro atoms. The van der Waals surface area contributed by atoms with Crippen molar-refractivity contribution in [3.63, 3.8) is 0 Å². The van der Waals surface area contributed by atoms with Crippen molar-refractivity contribution in [1.29, 1.82) is 0 Å². The SMILES string of the molecule is O=C1[C@@H]2[C@H]3CCCN3[C@@]3(C(=O)Nc4c(C(F)(F)F)cccc43)[C@H]2C(=O)N1c1ccc(Cl)cc1. The number of para-hydroxylation sites is 1. The summed E-state index contributed by atoms with van der Waals surface area (Å²) in [6.45, 7) is 0.419. The highest BCUT2D eigenvalue weighted by Crippen LogP contribution is 2.61. The van der Waals surface area contributed by atoms with Crippen molar-refractivity contribution in [2.24, 2.45) is 11.8 Å². The van der Waals surface area contributed by atoms with Gasteiger partial charge >= 0.3 is 6.18 Å². The molecule has 170 valence electrons. The highest BCUT2D eigenvalue weighted by molar-refractivity contribution is 6.31. The molecule has 2 aromatic carbocycles. The van der Waals surface area contributed by atoms with Crippen LogP contribution in [-0.4, -0.2) is 35.2 Å². The van der Waals surface area contributed by atoms with Crippen molar-refractivity contribution >= 4 is 40.7 Å². The predicted molar refractivity (Wildman–Crippen MR) is 112 cm³/mol. The summed E-state index contributed by atoms with van der Waals surface area (Å²) in [5.41, 5.74) is -2.51. The summed E-state index contributed by atoms with van der Waals surface area (Å²) in [6.07, 6.45) is -3.42. The number of hydrogen-bond donors (Lipinski definition) is 1. The number of halogens is 4. The number of fused-ring (bicyclic) bond motifs is 7. The van der Waals surface area contributed by atoms with E-state index in [1.54, 1.807) is 29.2 Å². The van der Waals surface area contributed by atoms with Gasteiger partial charge in [0.1, 0.15) is 5.54 Å². The first-order valence-electron chi connectivity index (χ1n) is 10.6. The summed E-state index contributed by atoms with van der Waals surface area (Å²) >= 11 is 5.95. The predicted octanol–water partition coefficient (Wildman–Crippen LogP) is 3.79. The Hall–Kier alpha value is -2.91. The molecule has 0 bridgehead atoms. The Bertz CT molecular complexity index is 1230. The number of imide groups is 1. The van der Waals surface area contributed by atoms with E-state index in [9.17, 15) is 27.6 Å². The second-order valence-corrected chi connectivity index (χ2v) is 9.28. The van der Waals surface area contributed by atoms with Crippen LogP contribution in [-0.2, 0) is 26.1 Å². The number of carbonyl (C=O) groups excluding carboxylic acids is 3. The number of benzene rings is 2. The highest BCUT2D eigenvalue weighted by Gasteiger charge is 2.75. The first kappa shape index (κ1) is 20.7. The van der Waals surface area contributed by atoms with Gasteiger partial charge in [-0.05, 0) is 49.7 Å². The molecule has 3 fully saturated rings. The molecule has 0 unspecified atom stereocenters. The number of nitrogens with one attached hydrogen (secondary N) is 1. The fraction of sp³-hybridized carbons (Fsp3) is 0.348. The van der Waals surface area contributed by atoms with E-state index >= 15 is 0 Å². The molecular weight excluding hydrogens is 459 g/mol. The van der Waals surface area contributed by atoms with Gasteiger partial charge in [0.15, 0.2) is 0 Å². The van der Waals surface area contributed by atoms with Gasteiger partial charge in [-0.2, -0.15) is 13.2 Å². The first-order valence-corrected chi connectivity index (χ1v) is 11.0. The zero-order valence-electron chi connectivity index (χ0n) is 17.0. The Labute approximate surface area is 191 Å². The lowest BCUT2D eigenvalue weighted by Gasteiger charge is -2.36. The molecule has 0 aromatic heterocycles. The molecule has 0 radical (unpaired) electrons. The van der Waals surface area contributed by atoms with Crippen LogP contribution in [0.2, 0.25) is 5.02 Å². The normalized spacial score (nSPS) is 30.7. The summed E-state index contributed by atoms with van der Waals surface area (Å²) in [6, 6.07) is 9.41. The average molecular weight is 476 g/mol. The van der Waals surface area contributed by atoms with E-state index in [0.29, 0.717) is 30.1 Å². The maximum absolute atomic E-state index is 13.8. The smallest absolute Gasteiger partial charge is 0.323 e. The minimum atomic E-state index is -4.68. The van der Waals surface area contributed by atoms with Crippen LogP contribution in [0.4, 0.5) is 24.5 Å². The topological polar surface area (TPSA) is 69.7 Å². The largest absolute Gasteiger partial charge is 0.418 e. The monoisotopic (exact) mass is 475 g/mol. The molecule has 3 amide bonds. The molecule has 1 N–H and O–H groups in total. The van der Waals surface area contributed by atoms with Crippen molar-refractivity contribution in [1.82, 2.24) is 4.90 Å². The lowest BCUT2D eigenvalue weighted by molar-refractivity contribution is -0.137. The number of hydrogen-bond acceptors (Lipinski definition) is 4. The fourth-order valence-electron chi connectivity index (χ4n) is 6.31. The first-order chi connectivity index (χ1) is 15.7. The number of carbonyl (C=O) groups is 3. The van der Waals surface area contributed by atoms with Gasteiger partial charge < -0.3 is 5.32 Å². The Kier molecular flexibility index (Phi) is 4.12. The molecule has 33 heavy (non-hydrogen) atoms. The van der Waals surface area contributed by atoms with Gasteiger partial charge in [-0.1, -0.05) is 23.7 Å². The van der Waals surface area contributed by atoms with Crippen LogP contribution in [0.15, 0.2) is 42.5 Å². The van der Waals surface area contributed by atoms with Crippen LogP contribution in [0.5, 0.6) is 0 Å². The Morgan fingerprint density at radius 1 is 1.03 bits per heavy atom. The van der Waals surface area contributed by atoms with Gasteiger partial charge in [0.25, 0.3) is 0 Å². The van der Waals surface area contributed by atoms with Gasteiger partial charge in [-0.15, -0.1) is 0 Å². The van der Waals surface area contributed by atoms with Crippen molar-refractivity contribution < 1.29 is 27.6 Å². The molecular formula is C23H17ClF3N3O3. The molecule has 4 heterocycles. The summed E-state index contributed by atoms with van der Waals surface area (Å²) in [5.74, 6) is -3.64. The summed E-state index contributed by atoms with van der Waals surface area (Å²) in [4.78, 5) is 43.7. The molecule has 4 aliphatic rings. The maximum Gasteiger partial charge on any atom is 0.418 e. The van der Waals surface area contributed by atoms with E-state index in [4.69, 9.17) is 11.6 Å². The van der Waals surface area contributed by atoms with Gasteiger partial charge in [-0.25, -0.2) is 4.90 Å². The van der Waals surface area contributed by atoms with Crippen molar-refractivity contribution in [2.75, 3.05) is 16.8 Å². The second-order valence-electron chi connectivity index (χ2n) is 8.84. The number of alkyl halides is 3. The molecule has 2 aromatic rings. The van der Waals surface area contributed by atoms with Crippen LogP contribution < -0.4 is 10.2 Å². The molecule has 4 atom stereocenters. The molecule has 0 aliphatic carbocycles. The molecule has 10 heteroatoms. The molecule has 6 nitrogen and oxygen atoms in total. The third kappa shape index (κ3) is 2.46. The zero-order valence-corrected chi connectivity index (χ0v) is 17.8. The maximum atomic E-state index is 13.8. The number of anilines is 2. The minimum absolute atomic E-state index is 0.112.